The van der Waals surface area contributed by atoms with Crippen molar-refractivity contribution in [3.63, 3.8) is 0 Å². The van der Waals surface area contributed by atoms with Crippen molar-refractivity contribution >= 4 is 24.4 Å². The first-order valence-electron chi connectivity index (χ1n) is 6.43. The first kappa shape index (κ1) is 15.1. The van der Waals surface area contributed by atoms with Gasteiger partial charge in [0.1, 0.15) is 0 Å². The van der Waals surface area contributed by atoms with Gasteiger partial charge in [0.15, 0.2) is 5.82 Å². The number of hydrogen-bond donors (Lipinski definition) is 1. The average molecular weight is 304 g/mol. The van der Waals surface area contributed by atoms with Gasteiger partial charge < -0.3 is 4.74 Å². The highest BCUT2D eigenvalue weighted by molar-refractivity contribution is 7.71. The summed E-state index contributed by atoms with van der Waals surface area (Å²) in [5.41, 5.74) is 1.35. The van der Waals surface area contributed by atoms with Gasteiger partial charge in [0.05, 0.1) is 18.9 Å². The molecule has 0 saturated carbocycles. The molecule has 1 aromatic carbocycles. The Morgan fingerprint density at radius 2 is 2.10 bits per heavy atom. The SMILES string of the molecule is COC(=O)c1ccc(/C=N/n2c(C(C)C)n[nH]c2=S)cc1. The number of H-pyrrole nitrogens is 1. The molecule has 21 heavy (non-hydrogen) atoms. The number of hydrogen-bond acceptors (Lipinski definition) is 5. The van der Waals surface area contributed by atoms with E-state index in [0.717, 1.165) is 11.4 Å². The summed E-state index contributed by atoms with van der Waals surface area (Å²) in [6, 6.07) is 6.94. The van der Waals surface area contributed by atoms with Gasteiger partial charge in [-0.3, -0.25) is 5.10 Å². The van der Waals surface area contributed by atoms with E-state index in [4.69, 9.17) is 12.2 Å². The lowest BCUT2D eigenvalue weighted by molar-refractivity contribution is 0.0600. The zero-order valence-corrected chi connectivity index (χ0v) is 12.8. The lowest BCUT2D eigenvalue weighted by atomic mass is 10.1. The van der Waals surface area contributed by atoms with E-state index >= 15 is 0 Å². The van der Waals surface area contributed by atoms with Crippen LogP contribution < -0.4 is 0 Å². The third kappa shape index (κ3) is 3.43. The number of methoxy groups -OCH3 is 1. The van der Waals surface area contributed by atoms with Crippen LogP contribution in [0.15, 0.2) is 29.4 Å². The Kier molecular flexibility index (Phi) is 4.64. The van der Waals surface area contributed by atoms with Crippen LogP contribution in [0.4, 0.5) is 0 Å². The number of nitrogens with one attached hydrogen (secondary N) is 1. The van der Waals surface area contributed by atoms with Crippen LogP contribution in [-0.4, -0.2) is 34.2 Å². The minimum atomic E-state index is -0.363. The molecule has 0 aliphatic heterocycles. The second kappa shape index (κ2) is 6.45. The Hall–Kier alpha value is -2.28. The number of ether oxygens (including phenoxy) is 1. The van der Waals surface area contributed by atoms with Gasteiger partial charge in [-0.15, -0.1) is 0 Å². The van der Waals surface area contributed by atoms with Crippen molar-refractivity contribution in [2.45, 2.75) is 19.8 Å². The topological polar surface area (TPSA) is 72.3 Å². The molecule has 1 heterocycles. The molecule has 0 atom stereocenters. The molecule has 0 fully saturated rings. The number of nitrogens with zero attached hydrogens (tertiary/aromatic N) is 3. The molecule has 0 unspecified atom stereocenters. The maximum atomic E-state index is 11.3. The van der Waals surface area contributed by atoms with E-state index in [9.17, 15) is 4.79 Å². The zero-order chi connectivity index (χ0) is 15.4. The molecule has 6 nitrogen and oxygen atoms in total. The van der Waals surface area contributed by atoms with E-state index in [1.165, 1.54) is 7.11 Å². The first-order chi connectivity index (χ1) is 10.0. The Morgan fingerprint density at radius 3 is 2.67 bits per heavy atom. The largest absolute Gasteiger partial charge is 0.465 e. The predicted octanol–water partition coefficient (Wildman–Crippen LogP) is 2.73. The molecule has 110 valence electrons. The van der Waals surface area contributed by atoms with Crippen LogP contribution in [-0.2, 0) is 4.74 Å². The molecule has 0 amide bonds. The van der Waals surface area contributed by atoms with Crippen LogP contribution in [0.2, 0.25) is 0 Å². The summed E-state index contributed by atoms with van der Waals surface area (Å²) in [7, 11) is 1.35. The normalized spacial score (nSPS) is 11.2. The third-order valence-electron chi connectivity index (χ3n) is 2.85. The molecule has 0 bridgehead atoms. The average Bonchev–Trinajstić information content (AvgIpc) is 2.86. The number of benzene rings is 1. The predicted molar refractivity (Wildman–Crippen MR) is 82.3 cm³/mol. The van der Waals surface area contributed by atoms with E-state index in [1.54, 1.807) is 35.2 Å². The summed E-state index contributed by atoms with van der Waals surface area (Å²) in [6.07, 6.45) is 1.66. The summed E-state index contributed by atoms with van der Waals surface area (Å²) in [4.78, 5) is 11.3. The van der Waals surface area contributed by atoms with E-state index in [-0.39, 0.29) is 11.9 Å². The Morgan fingerprint density at radius 1 is 1.43 bits per heavy atom. The number of esters is 1. The fourth-order valence-electron chi connectivity index (χ4n) is 1.74. The maximum absolute atomic E-state index is 11.3. The first-order valence-corrected chi connectivity index (χ1v) is 6.83. The Bertz CT molecular complexity index is 713. The number of aromatic amines is 1. The van der Waals surface area contributed by atoms with E-state index < -0.39 is 0 Å². The standard InChI is InChI=1S/C14H16N4O2S/c1-9(2)12-16-17-14(21)18(12)15-8-10-4-6-11(7-5-10)13(19)20-3/h4-9H,1-3H3,(H,17,21)/b15-8+. The fourth-order valence-corrected chi connectivity index (χ4v) is 1.92. The van der Waals surface area contributed by atoms with Gasteiger partial charge in [0.2, 0.25) is 4.77 Å². The van der Waals surface area contributed by atoms with Gasteiger partial charge in [-0.25, -0.2) is 4.79 Å². The quantitative estimate of drug-likeness (QED) is 0.535. The van der Waals surface area contributed by atoms with Crippen LogP contribution in [0.25, 0.3) is 0 Å². The van der Waals surface area contributed by atoms with Gasteiger partial charge in [-0.1, -0.05) is 26.0 Å². The molecule has 0 aliphatic carbocycles. The molecule has 2 aromatic rings. The lowest BCUT2D eigenvalue weighted by Gasteiger charge is -2.03. The summed E-state index contributed by atoms with van der Waals surface area (Å²) in [5.74, 6) is 0.608. The lowest BCUT2D eigenvalue weighted by Crippen LogP contribution is -2.02. The number of aromatic nitrogens is 3. The number of carbonyl (C=O) groups is 1. The molecule has 1 N–H and O–H groups in total. The minimum absolute atomic E-state index is 0.205. The molecule has 0 spiro atoms. The van der Waals surface area contributed by atoms with Crippen LogP contribution in [0.5, 0.6) is 0 Å². The number of rotatable bonds is 4. The third-order valence-corrected chi connectivity index (χ3v) is 3.11. The highest BCUT2D eigenvalue weighted by atomic mass is 32.1. The summed E-state index contributed by atoms with van der Waals surface area (Å²) >= 11 is 5.15. The van der Waals surface area contributed by atoms with Crippen molar-refractivity contribution in [1.82, 2.24) is 14.9 Å². The number of carbonyl (C=O) groups excluding carboxylic acids is 1. The monoisotopic (exact) mass is 304 g/mol. The van der Waals surface area contributed by atoms with E-state index in [0.29, 0.717) is 10.3 Å². The van der Waals surface area contributed by atoms with Gasteiger partial charge >= 0.3 is 5.97 Å². The smallest absolute Gasteiger partial charge is 0.337 e. The molecular weight excluding hydrogens is 288 g/mol. The molecule has 0 radical (unpaired) electrons. The molecule has 0 saturated heterocycles. The molecule has 1 aromatic heterocycles. The summed E-state index contributed by atoms with van der Waals surface area (Å²) < 4.78 is 6.69. The van der Waals surface area contributed by atoms with Crippen molar-refractivity contribution < 1.29 is 9.53 Å². The summed E-state index contributed by atoms with van der Waals surface area (Å²) in [5, 5.41) is 11.2. The van der Waals surface area contributed by atoms with Gasteiger partial charge in [-0.2, -0.15) is 14.9 Å². The van der Waals surface area contributed by atoms with Crippen LogP contribution in [0.1, 0.15) is 41.5 Å². The second-order valence-electron chi connectivity index (χ2n) is 4.71. The van der Waals surface area contributed by atoms with Crippen molar-refractivity contribution in [1.29, 1.82) is 0 Å². The van der Waals surface area contributed by atoms with Crippen molar-refractivity contribution in [3.8, 4) is 0 Å². The van der Waals surface area contributed by atoms with Gasteiger partial charge in [0, 0.05) is 5.92 Å². The van der Waals surface area contributed by atoms with E-state index in [2.05, 4.69) is 20.0 Å². The van der Waals surface area contributed by atoms with Gasteiger partial charge in [0.25, 0.3) is 0 Å². The second-order valence-corrected chi connectivity index (χ2v) is 5.10. The van der Waals surface area contributed by atoms with E-state index in [1.807, 2.05) is 13.8 Å². The summed E-state index contributed by atoms with van der Waals surface area (Å²) in [6.45, 7) is 4.03. The highest BCUT2D eigenvalue weighted by Crippen LogP contribution is 2.11. The fraction of sp³-hybridized carbons (Fsp3) is 0.286. The molecule has 0 aliphatic rings. The highest BCUT2D eigenvalue weighted by Gasteiger charge is 2.08. The van der Waals surface area contributed by atoms with Crippen LogP contribution in [0.3, 0.4) is 0 Å². The molecular formula is C14H16N4O2S. The minimum Gasteiger partial charge on any atom is -0.465 e. The Balaban J connectivity index is 2.24. The Labute approximate surface area is 127 Å². The van der Waals surface area contributed by atoms with Crippen LogP contribution >= 0.6 is 12.2 Å². The van der Waals surface area contributed by atoms with Crippen molar-refractivity contribution in [2.75, 3.05) is 7.11 Å². The van der Waals surface area contributed by atoms with Crippen molar-refractivity contribution in [2.24, 2.45) is 5.10 Å². The van der Waals surface area contributed by atoms with Gasteiger partial charge in [-0.05, 0) is 29.9 Å². The molecule has 7 heteroatoms. The van der Waals surface area contributed by atoms with Crippen LogP contribution in [0, 0.1) is 4.77 Å². The maximum Gasteiger partial charge on any atom is 0.337 e. The molecule has 2 rings (SSSR count). The zero-order valence-electron chi connectivity index (χ0n) is 12.0. The van der Waals surface area contributed by atoms with Crippen molar-refractivity contribution in [3.05, 3.63) is 46.0 Å².